The Morgan fingerprint density at radius 2 is 1.64 bits per heavy atom. The largest absolute Gasteiger partial charge is 0.481 e. The van der Waals surface area contributed by atoms with E-state index in [-0.39, 0.29) is 12.5 Å². The van der Waals surface area contributed by atoms with E-state index in [9.17, 15) is 4.79 Å². The number of carboxylic acid groups (broad SMARTS) is 1. The second kappa shape index (κ2) is 16.5. The molecule has 1 unspecified atom stereocenters. The van der Waals surface area contributed by atoms with Crippen molar-refractivity contribution in [3.8, 4) is 0 Å². The molecule has 0 spiro atoms. The summed E-state index contributed by atoms with van der Waals surface area (Å²) in [6.07, 6.45) is 17.3. The highest BCUT2D eigenvalue weighted by molar-refractivity contribution is 5.66. The Balaban J connectivity index is 3.48. The van der Waals surface area contributed by atoms with Crippen LogP contribution in [0.2, 0.25) is 0 Å². The fourth-order valence-electron chi connectivity index (χ4n) is 2.45. The molecule has 0 aromatic rings. The third-order valence-electron chi connectivity index (χ3n) is 3.84. The van der Waals surface area contributed by atoms with Crippen LogP contribution in [0, 0.1) is 0 Å². The number of hydrogen-bond donors (Lipinski definition) is 2. The second-order valence-corrected chi connectivity index (χ2v) is 5.98. The maximum absolute atomic E-state index is 10.4. The van der Waals surface area contributed by atoms with Gasteiger partial charge in [-0.3, -0.25) is 10.1 Å². The normalized spacial score (nSPS) is 12.8. The number of rotatable bonds is 16. The van der Waals surface area contributed by atoms with Gasteiger partial charge in [-0.25, -0.2) is 4.89 Å². The Morgan fingerprint density at radius 3 is 2.32 bits per heavy atom. The van der Waals surface area contributed by atoms with Crippen LogP contribution in [0.15, 0.2) is 12.2 Å². The number of carboxylic acids is 1. The van der Waals surface area contributed by atoms with Crippen LogP contribution in [-0.4, -0.2) is 22.4 Å². The molecule has 0 aliphatic heterocycles. The molecule has 0 saturated heterocycles. The lowest BCUT2D eigenvalue weighted by molar-refractivity contribution is -0.267. The minimum atomic E-state index is -0.728. The molecule has 0 saturated carbocycles. The van der Waals surface area contributed by atoms with Gasteiger partial charge in [0.05, 0.1) is 0 Å². The first-order chi connectivity index (χ1) is 10.7. The van der Waals surface area contributed by atoms with Crippen LogP contribution in [0.4, 0.5) is 0 Å². The van der Waals surface area contributed by atoms with E-state index in [0.29, 0.717) is 0 Å². The molecule has 130 valence electrons. The Hall–Kier alpha value is -0.870. The van der Waals surface area contributed by atoms with Gasteiger partial charge in [-0.2, -0.15) is 0 Å². The standard InChI is InChI=1S/C18H34O4/c1-2-3-4-5-6-7-8-11-14-17(22-21)15-12-9-10-13-16-18(19)20/h11,14,17,21H,2-10,12-13,15-16H2,1H3,(H,19,20)/b14-11+. The summed E-state index contributed by atoms with van der Waals surface area (Å²) in [5.41, 5.74) is 0. The average molecular weight is 314 g/mol. The first kappa shape index (κ1) is 21.1. The van der Waals surface area contributed by atoms with Gasteiger partial charge in [0.15, 0.2) is 0 Å². The van der Waals surface area contributed by atoms with Crippen molar-refractivity contribution in [2.24, 2.45) is 0 Å². The van der Waals surface area contributed by atoms with E-state index in [1.807, 2.05) is 6.08 Å². The summed E-state index contributed by atoms with van der Waals surface area (Å²) in [5, 5.41) is 17.4. The van der Waals surface area contributed by atoms with E-state index < -0.39 is 5.97 Å². The molecule has 0 radical (unpaired) electrons. The van der Waals surface area contributed by atoms with Crippen molar-refractivity contribution in [1.82, 2.24) is 0 Å². The SMILES string of the molecule is CCCCCCCC/C=C/C(CCCCCCC(=O)O)OO. The molecule has 0 aromatic heterocycles. The summed E-state index contributed by atoms with van der Waals surface area (Å²) < 4.78 is 0. The van der Waals surface area contributed by atoms with Crippen LogP contribution in [0.25, 0.3) is 0 Å². The minimum Gasteiger partial charge on any atom is -0.481 e. The zero-order valence-electron chi connectivity index (χ0n) is 14.1. The molecule has 4 nitrogen and oxygen atoms in total. The van der Waals surface area contributed by atoms with Gasteiger partial charge in [0.1, 0.15) is 6.10 Å². The average Bonchev–Trinajstić information content (AvgIpc) is 2.50. The Labute approximate surface area is 135 Å². The van der Waals surface area contributed by atoms with Crippen molar-refractivity contribution < 1.29 is 20.0 Å². The summed E-state index contributed by atoms with van der Waals surface area (Å²) in [6.45, 7) is 2.23. The zero-order chi connectivity index (χ0) is 16.5. The highest BCUT2D eigenvalue weighted by Crippen LogP contribution is 2.11. The van der Waals surface area contributed by atoms with E-state index >= 15 is 0 Å². The summed E-state index contributed by atoms with van der Waals surface area (Å²) >= 11 is 0. The molecule has 22 heavy (non-hydrogen) atoms. The maximum atomic E-state index is 10.4. The van der Waals surface area contributed by atoms with Crippen LogP contribution < -0.4 is 0 Å². The molecule has 0 aliphatic rings. The Bertz CT molecular complexity index is 276. The summed E-state index contributed by atoms with van der Waals surface area (Å²) in [5.74, 6) is -0.728. The van der Waals surface area contributed by atoms with Gasteiger partial charge < -0.3 is 5.11 Å². The lowest BCUT2D eigenvalue weighted by atomic mass is 10.1. The Kier molecular flexibility index (Phi) is 15.8. The predicted molar refractivity (Wildman–Crippen MR) is 90.0 cm³/mol. The van der Waals surface area contributed by atoms with Crippen LogP contribution >= 0.6 is 0 Å². The van der Waals surface area contributed by atoms with Gasteiger partial charge >= 0.3 is 5.97 Å². The molecule has 0 aliphatic carbocycles. The molecule has 0 rings (SSSR count). The quantitative estimate of drug-likeness (QED) is 0.169. The first-order valence-electron chi connectivity index (χ1n) is 8.89. The van der Waals surface area contributed by atoms with E-state index in [4.69, 9.17) is 10.4 Å². The lowest BCUT2D eigenvalue weighted by Crippen LogP contribution is -2.06. The molecule has 2 N–H and O–H groups in total. The van der Waals surface area contributed by atoms with Crippen molar-refractivity contribution in [2.45, 2.75) is 96.5 Å². The zero-order valence-corrected chi connectivity index (χ0v) is 14.1. The van der Waals surface area contributed by atoms with E-state index in [0.717, 1.165) is 38.5 Å². The first-order valence-corrected chi connectivity index (χ1v) is 8.89. The van der Waals surface area contributed by atoms with E-state index in [2.05, 4.69) is 17.9 Å². The number of allylic oxidation sites excluding steroid dienone is 1. The third-order valence-corrected chi connectivity index (χ3v) is 3.84. The molecule has 0 amide bonds. The van der Waals surface area contributed by atoms with Gasteiger partial charge in [-0.05, 0) is 25.7 Å². The molecular formula is C18H34O4. The number of hydrogen-bond acceptors (Lipinski definition) is 3. The molecule has 1 atom stereocenters. The molecule has 0 aromatic carbocycles. The minimum absolute atomic E-state index is 0.223. The van der Waals surface area contributed by atoms with Gasteiger partial charge in [-0.1, -0.05) is 70.4 Å². The predicted octanol–water partition coefficient (Wildman–Crippen LogP) is 5.58. The summed E-state index contributed by atoms with van der Waals surface area (Å²) in [7, 11) is 0. The van der Waals surface area contributed by atoms with Crippen LogP contribution in [0.3, 0.4) is 0 Å². The van der Waals surface area contributed by atoms with Crippen LogP contribution in [-0.2, 0) is 9.68 Å². The maximum Gasteiger partial charge on any atom is 0.303 e. The Morgan fingerprint density at radius 1 is 1.00 bits per heavy atom. The topological polar surface area (TPSA) is 66.8 Å². The van der Waals surface area contributed by atoms with Crippen molar-refractivity contribution in [3.63, 3.8) is 0 Å². The lowest BCUT2D eigenvalue weighted by Gasteiger charge is -2.08. The van der Waals surface area contributed by atoms with Gasteiger partial charge in [0.25, 0.3) is 0 Å². The van der Waals surface area contributed by atoms with Crippen molar-refractivity contribution in [2.75, 3.05) is 0 Å². The molecule has 0 heterocycles. The van der Waals surface area contributed by atoms with Gasteiger partial charge in [0, 0.05) is 6.42 Å². The van der Waals surface area contributed by atoms with Crippen molar-refractivity contribution in [3.05, 3.63) is 12.2 Å². The molecule has 0 bridgehead atoms. The third kappa shape index (κ3) is 15.5. The monoisotopic (exact) mass is 314 g/mol. The molecular weight excluding hydrogens is 280 g/mol. The highest BCUT2D eigenvalue weighted by atomic mass is 17.1. The molecule has 4 heteroatoms. The fraction of sp³-hybridized carbons (Fsp3) is 0.833. The van der Waals surface area contributed by atoms with Crippen LogP contribution in [0.1, 0.15) is 90.4 Å². The smallest absolute Gasteiger partial charge is 0.303 e. The van der Waals surface area contributed by atoms with E-state index in [1.54, 1.807) is 0 Å². The highest BCUT2D eigenvalue weighted by Gasteiger charge is 2.04. The number of unbranched alkanes of at least 4 members (excludes halogenated alkanes) is 9. The summed E-state index contributed by atoms with van der Waals surface area (Å²) in [6, 6.07) is 0. The van der Waals surface area contributed by atoms with Crippen molar-refractivity contribution >= 4 is 5.97 Å². The number of carbonyl (C=O) groups is 1. The van der Waals surface area contributed by atoms with Crippen LogP contribution in [0.5, 0.6) is 0 Å². The fourth-order valence-corrected chi connectivity index (χ4v) is 2.45. The number of aliphatic carboxylic acids is 1. The van der Waals surface area contributed by atoms with Gasteiger partial charge in [0.2, 0.25) is 0 Å². The van der Waals surface area contributed by atoms with Crippen molar-refractivity contribution in [1.29, 1.82) is 0 Å². The molecule has 0 fully saturated rings. The summed E-state index contributed by atoms with van der Waals surface area (Å²) in [4.78, 5) is 14.8. The van der Waals surface area contributed by atoms with Gasteiger partial charge in [-0.15, -0.1) is 0 Å². The van der Waals surface area contributed by atoms with E-state index in [1.165, 1.54) is 38.5 Å². The second-order valence-electron chi connectivity index (χ2n) is 5.98.